The number of carbonyl (C=O) groups excluding carboxylic acids is 4. The Morgan fingerprint density at radius 2 is 1.04 bits per heavy atom. The van der Waals surface area contributed by atoms with E-state index in [2.05, 4.69) is 31.7 Å². The molecule has 0 saturated carbocycles. The van der Waals surface area contributed by atoms with E-state index in [4.69, 9.17) is 8.83 Å². The maximum Gasteiger partial charge on any atom is 0.291 e. The summed E-state index contributed by atoms with van der Waals surface area (Å²) >= 11 is 0. The Balaban J connectivity index is 1.13. The summed E-state index contributed by atoms with van der Waals surface area (Å²) in [5.74, 6) is -0.785. The number of hydrogen-bond acceptors (Lipinski definition) is 8. The number of amides is 4. The van der Waals surface area contributed by atoms with Crippen LogP contribution in [0, 0.1) is 0 Å². The van der Waals surface area contributed by atoms with Gasteiger partial charge < -0.3 is 19.5 Å². The summed E-state index contributed by atoms with van der Waals surface area (Å²) in [5, 5.41) is 13.9. The van der Waals surface area contributed by atoms with E-state index >= 15 is 0 Å². The average molecular weight is 611 g/mol. The van der Waals surface area contributed by atoms with Crippen molar-refractivity contribution < 1.29 is 28.0 Å². The van der Waals surface area contributed by atoms with Gasteiger partial charge in [-0.15, -0.1) is 0 Å². The Morgan fingerprint density at radius 3 is 1.44 bits per heavy atom. The second-order valence-electron chi connectivity index (χ2n) is 10.0. The Kier molecular flexibility index (Phi) is 11.6. The zero-order chi connectivity index (χ0) is 32.0. The van der Waals surface area contributed by atoms with Crippen molar-refractivity contribution in [3.63, 3.8) is 0 Å². The average Bonchev–Trinajstić information content (AvgIpc) is 3.78. The third-order valence-electron chi connectivity index (χ3n) is 6.57. The standard InChI is InChI=1S/C33H34N6O6/c1-22(24-10-6-12-26(20-24)34-32(42)28-14-8-18-44-28)36-38-30(40)16-4-3-5-17-31(41)39-37-23(2)25-11-7-13-27(21-25)35-33(43)29-15-9-19-45-29/h6-15,18-21H,3-5,16-17H2,1-2H3,(H,34,42)(H,35,43)(H,38,40)(H,39,41)/b36-22+,37-23+. The van der Waals surface area contributed by atoms with E-state index in [1.54, 1.807) is 74.5 Å². The Hall–Kier alpha value is -5.78. The number of hydrazone groups is 2. The van der Waals surface area contributed by atoms with Crippen LogP contribution in [-0.2, 0) is 9.59 Å². The van der Waals surface area contributed by atoms with E-state index in [0.717, 1.165) is 11.1 Å². The van der Waals surface area contributed by atoms with E-state index in [1.807, 2.05) is 12.1 Å². The Bertz CT molecular complexity index is 1550. The van der Waals surface area contributed by atoms with E-state index < -0.39 is 0 Å². The molecule has 2 heterocycles. The van der Waals surface area contributed by atoms with E-state index in [1.165, 1.54) is 12.5 Å². The van der Waals surface area contributed by atoms with Crippen LogP contribution in [0.15, 0.2) is 104 Å². The Labute approximate surface area is 260 Å². The van der Waals surface area contributed by atoms with Gasteiger partial charge in [0.1, 0.15) is 0 Å². The van der Waals surface area contributed by atoms with Gasteiger partial charge in [0.15, 0.2) is 11.5 Å². The molecule has 4 amide bonds. The van der Waals surface area contributed by atoms with Crippen molar-refractivity contribution in [1.29, 1.82) is 0 Å². The van der Waals surface area contributed by atoms with Crippen LogP contribution >= 0.6 is 0 Å². The smallest absolute Gasteiger partial charge is 0.291 e. The second-order valence-corrected chi connectivity index (χ2v) is 10.0. The summed E-state index contributed by atoms with van der Waals surface area (Å²) in [4.78, 5) is 48.9. The number of benzene rings is 2. The molecule has 0 aliphatic rings. The number of anilines is 2. The fourth-order valence-electron chi connectivity index (χ4n) is 4.13. The van der Waals surface area contributed by atoms with Crippen LogP contribution in [0.2, 0.25) is 0 Å². The molecule has 45 heavy (non-hydrogen) atoms. The quantitative estimate of drug-likeness (QED) is 0.0810. The topological polar surface area (TPSA) is 167 Å². The highest BCUT2D eigenvalue weighted by molar-refractivity contribution is 6.05. The minimum absolute atomic E-state index is 0.204. The first-order valence-corrected chi connectivity index (χ1v) is 14.4. The molecule has 0 spiro atoms. The molecule has 0 fully saturated rings. The third-order valence-corrected chi connectivity index (χ3v) is 6.57. The van der Waals surface area contributed by atoms with Crippen molar-refractivity contribution in [3.05, 3.63) is 108 Å². The first kappa shape index (κ1) is 32.1. The van der Waals surface area contributed by atoms with Gasteiger partial charge in [-0.2, -0.15) is 10.2 Å². The summed E-state index contributed by atoms with van der Waals surface area (Å²) in [6.45, 7) is 3.52. The number of furan rings is 2. The van der Waals surface area contributed by atoms with E-state index in [0.29, 0.717) is 42.1 Å². The molecule has 0 aliphatic heterocycles. The molecule has 0 aliphatic carbocycles. The lowest BCUT2D eigenvalue weighted by molar-refractivity contribution is -0.121. The predicted octanol–water partition coefficient (Wildman–Crippen LogP) is 5.71. The van der Waals surface area contributed by atoms with Crippen LogP contribution < -0.4 is 21.5 Å². The fourth-order valence-corrected chi connectivity index (χ4v) is 4.13. The Morgan fingerprint density at radius 1 is 0.600 bits per heavy atom. The van der Waals surface area contributed by atoms with Gasteiger partial charge in [-0.25, -0.2) is 10.9 Å². The molecule has 4 N–H and O–H groups in total. The lowest BCUT2D eigenvalue weighted by Crippen LogP contribution is -2.20. The van der Waals surface area contributed by atoms with Gasteiger partial charge in [0.05, 0.1) is 23.9 Å². The largest absolute Gasteiger partial charge is 0.459 e. The van der Waals surface area contributed by atoms with Crippen LogP contribution in [0.4, 0.5) is 11.4 Å². The van der Waals surface area contributed by atoms with Gasteiger partial charge >= 0.3 is 0 Å². The van der Waals surface area contributed by atoms with Gasteiger partial charge in [0.25, 0.3) is 11.8 Å². The fraction of sp³-hybridized carbons (Fsp3) is 0.212. The molecule has 0 unspecified atom stereocenters. The molecule has 0 bridgehead atoms. The van der Waals surface area contributed by atoms with Crippen molar-refractivity contribution in [2.45, 2.75) is 46.0 Å². The number of nitrogens with one attached hydrogen (secondary N) is 4. The highest BCUT2D eigenvalue weighted by Gasteiger charge is 2.11. The highest BCUT2D eigenvalue weighted by atomic mass is 16.3. The molecular formula is C33H34N6O6. The zero-order valence-corrected chi connectivity index (χ0v) is 25.0. The summed E-state index contributed by atoms with van der Waals surface area (Å²) in [7, 11) is 0. The number of hydrogen-bond donors (Lipinski definition) is 4. The monoisotopic (exact) mass is 610 g/mol. The maximum absolute atomic E-state index is 12.3. The summed E-state index contributed by atoms with van der Waals surface area (Å²) in [5.41, 5.74) is 8.88. The first-order valence-electron chi connectivity index (χ1n) is 14.4. The molecule has 2 aromatic carbocycles. The molecule has 4 rings (SSSR count). The highest BCUT2D eigenvalue weighted by Crippen LogP contribution is 2.15. The van der Waals surface area contributed by atoms with Gasteiger partial charge in [0.2, 0.25) is 11.8 Å². The molecule has 12 heteroatoms. The van der Waals surface area contributed by atoms with Crippen LogP contribution in [-0.4, -0.2) is 35.1 Å². The van der Waals surface area contributed by atoms with E-state index in [-0.39, 0.29) is 48.0 Å². The number of unbranched alkanes of at least 4 members (excludes halogenated alkanes) is 2. The van der Waals surface area contributed by atoms with Crippen molar-refractivity contribution in [3.8, 4) is 0 Å². The summed E-state index contributed by atoms with van der Waals surface area (Å²) in [6, 6.07) is 20.6. The number of carbonyl (C=O) groups is 4. The minimum Gasteiger partial charge on any atom is -0.459 e. The predicted molar refractivity (Wildman–Crippen MR) is 170 cm³/mol. The van der Waals surface area contributed by atoms with Gasteiger partial charge in [-0.05, 0) is 86.3 Å². The molecule has 232 valence electrons. The minimum atomic E-state index is -0.364. The number of nitrogens with zero attached hydrogens (tertiary/aromatic N) is 2. The molecule has 0 atom stereocenters. The van der Waals surface area contributed by atoms with Crippen molar-refractivity contribution in [1.82, 2.24) is 10.9 Å². The van der Waals surface area contributed by atoms with Gasteiger partial charge in [-0.3, -0.25) is 19.2 Å². The van der Waals surface area contributed by atoms with Crippen molar-refractivity contribution >= 4 is 46.4 Å². The zero-order valence-electron chi connectivity index (χ0n) is 25.0. The summed E-state index contributed by atoms with van der Waals surface area (Å²) < 4.78 is 10.2. The van der Waals surface area contributed by atoms with Gasteiger partial charge in [0, 0.05) is 24.2 Å². The molecular weight excluding hydrogens is 576 g/mol. The third kappa shape index (κ3) is 10.2. The van der Waals surface area contributed by atoms with Crippen molar-refractivity contribution in [2.75, 3.05) is 10.6 Å². The van der Waals surface area contributed by atoms with Crippen LogP contribution in [0.25, 0.3) is 0 Å². The van der Waals surface area contributed by atoms with E-state index in [9.17, 15) is 19.2 Å². The van der Waals surface area contributed by atoms with Gasteiger partial charge in [-0.1, -0.05) is 30.7 Å². The second kappa shape index (κ2) is 16.2. The summed E-state index contributed by atoms with van der Waals surface area (Å²) in [6.07, 6.45) is 5.27. The van der Waals surface area contributed by atoms with Crippen LogP contribution in [0.1, 0.15) is 78.2 Å². The molecule has 0 saturated heterocycles. The lowest BCUT2D eigenvalue weighted by Gasteiger charge is -2.07. The van der Waals surface area contributed by atoms with Crippen LogP contribution in [0.3, 0.4) is 0 Å². The molecule has 0 radical (unpaired) electrons. The molecule has 2 aromatic heterocycles. The normalized spacial score (nSPS) is 11.5. The van der Waals surface area contributed by atoms with Crippen molar-refractivity contribution in [2.24, 2.45) is 10.2 Å². The molecule has 12 nitrogen and oxygen atoms in total. The SMILES string of the molecule is C/C(=N\NC(=O)CCCCCC(=O)N/N=C(\C)c1cccc(NC(=O)c2ccco2)c1)c1cccc(NC(=O)c2ccco2)c1. The first-order chi connectivity index (χ1) is 21.8. The number of rotatable bonds is 14. The molecule has 4 aromatic rings. The van der Waals surface area contributed by atoms with Crippen LogP contribution in [0.5, 0.6) is 0 Å². The lowest BCUT2D eigenvalue weighted by atomic mass is 10.1. The maximum atomic E-state index is 12.3.